The second-order valence-corrected chi connectivity index (χ2v) is 6.02. The Balaban J connectivity index is 2.80. The van der Waals surface area contributed by atoms with Crippen molar-refractivity contribution < 1.29 is 14.4 Å². The van der Waals surface area contributed by atoms with Crippen molar-refractivity contribution in [1.29, 1.82) is 0 Å². The normalized spacial score (nSPS) is 24.6. The SMILES string of the molecule is CON1C(C)(C)CC(OC(=O)CCl)CC1(C)C. The van der Waals surface area contributed by atoms with Gasteiger partial charge in [-0.05, 0) is 27.7 Å². The predicted molar refractivity (Wildman–Crippen MR) is 66.8 cm³/mol. The molecule has 100 valence electrons. The van der Waals surface area contributed by atoms with Crippen molar-refractivity contribution in [2.24, 2.45) is 0 Å². The molecule has 1 fully saturated rings. The molecule has 0 aromatic heterocycles. The van der Waals surface area contributed by atoms with E-state index >= 15 is 0 Å². The number of carbonyl (C=O) groups excluding carboxylic acids is 1. The van der Waals surface area contributed by atoms with E-state index in [1.807, 2.05) is 5.06 Å². The van der Waals surface area contributed by atoms with Gasteiger partial charge in [0.1, 0.15) is 12.0 Å². The van der Waals surface area contributed by atoms with Crippen LogP contribution < -0.4 is 0 Å². The molecule has 0 spiro atoms. The van der Waals surface area contributed by atoms with Crippen molar-refractivity contribution in [3.63, 3.8) is 0 Å². The zero-order valence-electron chi connectivity index (χ0n) is 11.2. The number of alkyl halides is 1. The maximum Gasteiger partial charge on any atom is 0.321 e. The Hall–Kier alpha value is -0.320. The van der Waals surface area contributed by atoms with Gasteiger partial charge in [0.2, 0.25) is 0 Å². The third-order valence-corrected chi connectivity index (χ3v) is 3.36. The van der Waals surface area contributed by atoms with E-state index in [2.05, 4.69) is 27.7 Å². The molecule has 0 amide bonds. The van der Waals surface area contributed by atoms with Gasteiger partial charge in [-0.1, -0.05) is 0 Å². The molecule has 0 saturated carbocycles. The van der Waals surface area contributed by atoms with Crippen LogP contribution in [0.2, 0.25) is 0 Å². The van der Waals surface area contributed by atoms with Crippen molar-refractivity contribution in [2.75, 3.05) is 13.0 Å². The Kier molecular flexibility index (Phi) is 4.44. The molecule has 0 aromatic carbocycles. The molecule has 0 bridgehead atoms. The van der Waals surface area contributed by atoms with Crippen LogP contribution >= 0.6 is 11.6 Å². The first-order valence-corrected chi connectivity index (χ1v) is 6.36. The molecule has 0 aromatic rings. The summed E-state index contributed by atoms with van der Waals surface area (Å²) in [6.45, 7) is 8.33. The Morgan fingerprint density at radius 1 is 1.29 bits per heavy atom. The van der Waals surface area contributed by atoms with Crippen LogP contribution in [0, 0.1) is 0 Å². The van der Waals surface area contributed by atoms with Crippen LogP contribution in [0.3, 0.4) is 0 Å². The average Bonchev–Trinajstić information content (AvgIpc) is 2.14. The summed E-state index contributed by atoms with van der Waals surface area (Å²) >= 11 is 5.46. The van der Waals surface area contributed by atoms with Gasteiger partial charge in [-0.3, -0.25) is 4.79 Å². The smallest absolute Gasteiger partial charge is 0.321 e. The largest absolute Gasteiger partial charge is 0.461 e. The highest BCUT2D eigenvalue weighted by atomic mass is 35.5. The summed E-state index contributed by atoms with van der Waals surface area (Å²) in [6.07, 6.45) is 1.39. The van der Waals surface area contributed by atoms with Crippen molar-refractivity contribution in [1.82, 2.24) is 5.06 Å². The number of ether oxygens (including phenoxy) is 1. The fourth-order valence-corrected chi connectivity index (χ4v) is 3.03. The Morgan fingerprint density at radius 2 is 1.76 bits per heavy atom. The topological polar surface area (TPSA) is 38.8 Å². The first-order chi connectivity index (χ1) is 7.73. The minimum absolute atomic E-state index is 0.0919. The van der Waals surface area contributed by atoms with E-state index in [1.54, 1.807) is 7.11 Å². The number of carbonyl (C=O) groups is 1. The van der Waals surface area contributed by atoms with E-state index in [0.29, 0.717) is 0 Å². The van der Waals surface area contributed by atoms with Crippen LogP contribution in [0.5, 0.6) is 0 Å². The van der Waals surface area contributed by atoms with Gasteiger partial charge in [-0.2, -0.15) is 5.06 Å². The number of nitrogens with zero attached hydrogens (tertiary/aromatic N) is 1. The van der Waals surface area contributed by atoms with Gasteiger partial charge in [0.05, 0.1) is 7.11 Å². The third kappa shape index (κ3) is 3.33. The molecule has 0 radical (unpaired) electrons. The van der Waals surface area contributed by atoms with Crippen LogP contribution in [0.25, 0.3) is 0 Å². The lowest BCUT2D eigenvalue weighted by atomic mass is 9.80. The van der Waals surface area contributed by atoms with Crippen molar-refractivity contribution >= 4 is 17.6 Å². The Morgan fingerprint density at radius 3 is 2.12 bits per heavy atom. The maximum absolute atomic E-state index is 11.3. The van der Waals surface area contributed by atoms with Gasteiger partial charge in [0.25, 0.3) is 0 Å². The van der Waals surface area contributed by atoms with E-state index in [9.17, 15) is 4.79 Å². The molecule has 4 nitrogen and oxygen atoms in total. The number of halogens is 1. The van der Waals surface area contributed by atoms with Crippen LogP contribution in [0.4, 0.5) is 0 Å². The number of hydrogen-bond acceptors (Lipinski definition) is 4. The van der Waals surface area contributed by atoms with Crippen LogP contribution in [-0.2, 0) is 14.4 Å². The number of hydroxylamine groups is 2. The molecule has 1 aliphatic heterocycles. The highest BCUT2D eigenvalue weighted by molar-refractivity contribution is 6.26. The maximum atomic E-state index is 11.3. The van der Waals surface area contributed by atoms with E-state index in [4.69, 9.17) is 21.2 Å². The number of hydrogen-bond donors (Lipinski definition) is 0. The highest BCUT2D eigenvalue weighted by Gasteiger charge is 2.47. The molecule has 1 rings (SSSR count). The van der Waals surface area contributed by atoms with E-state index in [0.717, 1.165) is 12.8 Å². The van der Waals surface area contributed by atoms with Gasteiger partial charge in [0, 0.05) is 23.9 Å². The molecule has 0 N–H and O–H groups in total. The third-order valence-electron chi connectivity index (χ3n) is 3.14. The highest BCUT2D eigenvalue weighted by Crippen LogP contribution is 2.39. The molecule has 0 atom stereocenters. The number of esters is 1. The monoisotopic (exact) mass is 263 g/mol. The molecule has 1 saturated heterocycles. The molecule has 0 unspecified atom stereocenters. The lowest BCUT2D eigenvalue weighted by molar-refractivity contribution is -0.278. The molecule has 5 heteroatoms. The van der Waals surface area contributed by atoms with Gasteiger partial charge in [-0.15, -0.1) is 11.6 Å². The fourth-order valence-electron chi connectivity index (χ4n) is 2.97. The van der Waals surface area contributed by atoms with Crippen LogP contribution in [0.1, 0.15) is 40.5 Å². The quantitative estimate of drug-likeness (QED) is 0.579. The Labute approximate surface area is 108 Å². The van der Waals surface area contributed by atoms with Crippen LogP contribution in [-0.4, -0.2) is 41.2 Å². The lowest BCUT2D eigenvalue weighted by Crippen LogP contribution is -2.61. The summed E-state index contributed by atoms with van der Waals surface area (Å²) in [6, 6.07) is 0. The van der Waals surface area contributed by atoms with Gasteiger partial charge < -0.3 is 9.57 Å². The zero-order chi connectivity index (χ0) is 13.3. The molecule has 1 heterocycles. The van der Waals surface area contributed by atoms with Crippen molar-refractivity contribution in [3.05, 3.63) is 0 Å². The molecule has 0 aliphatic carbocycles. The Bertz CT molecular complexity index is 273. The molecule has 17 heavy (non-hydrogen) atoms. The van der Waals surface area contributed by atoms with Gasteiger partial charge in [0.15, 0.2) is 0 Å². The van der Waals surface area contributed by atoms with Crippen molar-refractivity contribution in [2.45, 2.75) is 57.7 Å². The fraction of sp³-hybridized carbons (Fsp3) is 0.917. The molecular weight excluding hydrogens is 242 g/mol. The van der Waals surface area contributed by atoms with Crippen molar-refractivity contribution in [3.8, 4) is 0 Å². The number of rotatable bonds is 3. The minimum Gasteiger partial charge on any atom is -0.461 e. The van der Waals surface area contributed by atoms with E-state index in [-0.39, 0.29) is 29.0 Å². The molecular formula is C12H22ClNO3. The van der Waals surface area contributed by atoms with Crippen LogP contribution in [0.15, 0.2) is 0 Å². The van der Waals surface area contributed by atoms with Gasteiger partial charge >= 0.3 is 5.97 Å². The first kappa shape index (κ1) is 14.7. The number of piperidine rings is 1. The standard InChI is InChI=1S/C12H22ClNO3/c1-11(2)6-9(17-10(15)8-13)7-12(3,4)14(11)16-5/h9H,6-8H2,1-5H3. The summed E-state index contributed by atoms with van der Waals surface area (Å²) in [4.78, 5) is 16.7. The summed E-state index contributed by atoms with van der Waals surface area (Å²) in [5, 5.41) is 1.98. The zero-order valence-corrected chi connectivity index (χ0v) is 12.0. The summed E-state index contributed by atoms with van der Waals surface area (Å²) in [5.74, 6) is -0.445. The van der Waals surface area contributed by atoms with Gasteiger partial charge in [-0.25, -0.2) is 0 Å². The van der Waals surface area contributed by atoms with E-state index in [1.165, 1.54) is 0 Å². The second-order valence-electron chi connectivity index (χ2n) is 5.76. The van der Waals surface area contributed by atoms with E-state index < -0.39 is 0 Å². The molecule has 1 aliphatic rings. The summed E-state index contributed by atoms with van der Waals surface area (Å²) in [7, 11) is 1.68. The first-order valence-electron chi connectivity index (χ1n) is 5.83. The summed E-state index contributed by atoms with van der Waals surface area (Å²) in [5.41, 5.74) is -0.346. The second kappa shape index (κ2) is 5.12. The lowest BCUT2D eigenvalue weighted by Gasteiger charge is -2.52. The average molecular weight is 264 g/mol. The predicted octanol–water partition coefficient (Wildman–Crippen LogP) is 2.35. The summed E-state index contributed by atoms with van der Waals surface area (Å²) < 4.78 is 5.35. The minimum atomic E-state index is -0.353.